The summed E-state index contributed by atoms with van der Waals surface area (Å²) in [5.74, 6) is 4.83. The van der Waals surface area contributed by atoms with E-state index in [1.165, 1.54) is 122 Å². The maximum Gasteiger partial charge on any atom is 0.226 e. The Kier molecular flexibility index (Phi) is 13.3. The lowest BCUT2D eigenvalue weighted by Gasteiger charge is -2.50. The average molecular weight is 645 g/mol. The highest BCUT2D eigenvalue weighted by molar-refractivity contribution is 7.58. The predicted octanol–water partition coefficient (Wildman–Crippen LogP) is 8.58. The van der Waals surface area contributed by atoms with Crippen molar-refractivity contribution in [1.29, 1.82) is 0 Å². The molecule has 0 amide bonds. The van der Waals surface area contributed by atoms with Crippen LogP contribution in [0.1, 0.15) is 129 Å². The average Bonchev–Trinajstić information content (AvgIpc) is 3.50. The Hall–Kier alpha value is -1.37. The van der Waals surface area contributed by atoms with Crippen LogP contribution in [0.4, 0.5) is 17.6 Å². The van der Waals surface area contributed by atoms with E-state index in [-0.39, 0.29) is 5.54 Å². The van der Waals surface area contributed by atoms with Crippen LogP contribution in [0.2, 0.25) is 0 Å². The van der Waals surface area contributed by atoms with Gasteiger partial charge in [0.1, 0.15) is 11.6 Å². The molecule has 3 saturated carbocycles. The molecule has 1 unspecified atom stereocenters. The van der Waals surface area contributed by atoms with Gasteiger partial charge in [-0.2, -0.15) is 9.97 Å². The number of anilines is 3. The number of nitrogen functional groups attached to an aromatic ring is 1. The molecule has 5 rings (SSSR count). The summed E-state index contributed by atoms with van der Waals surface area (Å²) in [7, 11) is -2.54. The van der Waals surface area contributed by atoms with Crippen molar-refractivity contribution in [3.63, 3.8) is 0 Å². The highest BCUT2D eigenvalue weighted by Gasteiger charge is 2.44. The third-order valence-corrected chi connectivity index (χ3v) is 13.6. The summed E-state index contributed by atoms with van der Waals surface area (Å²) in [5.41, 5.74) is 6.45. The van der Waals surface area contributed by atoms with Crippen LogP contribution < -0.4 is 16.0 Å². The molecular weight excluding hydrogens is 579 g/mol. The Morgan fingerprint density at radius 3 is 2.27 bits per heavy atom. The predicted molar refractivity (Wildman–Crippen MR) is 190 cm³/mol. The fourth-order valence-corrected chi connectivity index (χ4v) is 10.3. The molecule has 0 aromatic carbocycles. The monoisotopic (exact) mass is 644 g/mol. The quantitative estimate of drug-likeness (QED) is 0.136. The van der Waals surface area contributed by atoms with Gasteiger partial charge in [0.25, 0.3) is 0 Å². The SMILES string of the molecule is CCOP(C)(=O)CCN1CCN(c2cc(N)nc(NCC3CCC(CCCCCCC4CCCCC4)CC3)n2)CC12CCCC2. The van der Waals surface area contributed by atoms with E-state index < -0.39 is 7.37 Å². The van der Waals surface area contributed by atoms with Crippen LogP contribution in [-0.4, -0.2) is 72.6 Å². The van der Waals surface area contributed by atoms with E-state index in [1.807, 2.05) is 13.0 Å². The second-order valence-corrected chi connectivity index (χ2v) is 18.0. The van der Waals surface area contributed by atoms with Crippen LogP contribution in [0.3, 0.4) is 0 Å². The van der Waals surface area contributed by atoms with Crippen molar-refractivity contribution in [2.45, 2.75) is 134 Å². The fourth-order valence-electron chi connectivity index (χ4n) is 9.05. The minimum atomic E-state index is -2.54. The van der Waals surface area contributed by atoms with Crippen LogP contribution in [0, 0.1) is 17.8 Å². The number of hydrogen-bond donors (Lipinski definition) is 2. The summed E-state index contributed by atoms with van der Waals surface area (Å²) >= 11 is 0. The van der Waals surface area contributed by atoms with Crippen LogP contribution in [0.25, 0.3) is 0 Å². The molecule has 9 heteroatoms. The van der Waals surface area contributed by atoms with Gasteiger partial charge in [-0.1, -0.05) is 96.3 Å². The lowest BCUT2D eigenvalue weighted by molar-refractivity contribution is 0.0837. The van der Waals surface area contributed by atoms with E-state index in [2.05, 4.69) is 20.1 Å². The van der Waals surface area contributed by atoms with Gasteiger partial charge in [0.05, 0.1) is 6.61 Å². The summed E-state index contributed by atoms with van der Waals surface area (Å²) < 4.78 is 18.4. The molecule has 1 saturated heterocycles. The summed E-state index contributed by atoms with van der Waals surface area (Å²) in [6.07, 6.45) is 27.0. The van der Waals surface area contributed by atoms with Gasteiger partial charge in [0, 0.05) is 57.2 Å². The van der Waals surface area contributed by atoms with Crippen LogP contribution in [0.5, 0.6) is 0 Å². The van der Waals surface area contributed by atoms with Crippen molar-refractivity contribution in [3.8, 4) is 0 Å². The number of aromatic nitrogens is 2. The van der Waals surface area contributed by atoms with Crippen molar-refractivity contribution in [3.05, 3.63) is 6.07 Å². The van der Waals surface area contributed by atoms with E-state index in [0.29, 0.717) is 30.5 Å². The Morgan fingerprint density at radius 1 is 0.911 bits per heavy atom. The summed E-state index contributed by atoms with van der Waals surface area (Å²) in [4.78, 5) is 14.6. The molecule has 8 nitrogen and oxygen atoms in total. The van der Waals surface area contributed by atoms with Crippen LogP contribution in [0.15, 0.2) is 6.07 Å². The first-order chi connectivity index (χ1) is 21.8. The van der Waals surface area contributed by atoms with E-state index >= 15 is 0 Å². The third kappa shape index (κ3) is 10.6. The molecule has 1 spiro atoms. The lowest BCUT2D eigenvalue weighted by atomic mass is 9.79. The first kappa shape index (κ1) is 35.0. The molecule has 3 N–H and O–H groups in total. The number of nitrogens with zero attached hydrogens (tertiary/aromatic N) is 4. The standard InChI is InChI=1S/C36H65N6O2P/c1-3-44-45(2,43)26-25-42-24-23-41(29-36(42)21-11-12-22-36)34-27-33(37)39-35(40-34)38-28-32-19-17-31(18-20-32)16-8-5-4-7-13-30-14-9-6-10-15-30/h27,30-32H,3-26,28-29H2,1-2H3,(H3,37,38,39,40). The van der Waals surface area contributed by atoms with Gasteiger partial charge >= 0.3 is 0 Å². The molecule has 3 aliphatic carbocycles. The van der Waals surface area contributed by atoms with Gasteiger partial charge in [-0.05, 0) is 50.4 Å². The normalized spacial score (nSPS) is 25.9. The van der Waals surface area contributed by atoms with Gasteiger partial charge < -0.3 is 20.5 Å². The van der Waals surface area contributed by atoms with Crippen LogP contribution in [-0.2, 0) is 9.09 Å². The van der Waals surface area contributed by atoms with Crippen molar-refractivity contribution in [1.82, 2.24) is 14.9 Å². The Labute approximate surface area is 274 Å². The molecule has 1 atom stereocenters. The van der Waals surface area contributed by atoms with Gasteiger partial charge in [0.2, 0.25) is 13.3 Å². The fraction of sp³-hybridized carbons (Fsp3) is 0.889. The van der Waals surface area contributed by atoms with Crippen molar-refractivity contribution in [2.24, 2.45) is 17.8 Å². The molecule has 45 heavy (non-hydrogen) atoms. The molecule has 2 heterocycles. The van der Waals surface area contributed by atoms with Gasteiger partial charge in [0.15, 0.2) is 0 Å². The second kappa shape index (κ2) is 17.2. The van der Waals surface area contributed by atoms with Gasteiger partial charge in [-0.15, -0.1) is 0 Å². The smallest absolute Gasteiger partial charge is 0.226 e. The topological polar surface area (TPSA) is 96.6 Å². The number of nitrogens with one attached hydrogen (secondary N) is 1. The molecule has 4 fully saturated rings. The first-order valence-electron chi connectivity index (χ1n) is 18.9. The Bertz CT molecular complexity index is 1070. The first-order valence-corrected chi connectivity index (χ1v) is 21.2. The summed E-state index contributed by atoms with van der Waals surface area (Å²) in [5, 5.41) is 3.58. The highest BCUT2D eigenvalue weighted by Crippen LogP contribution is 2.44. The van der Waals surface area contributed by atoms with Gasteiger partial charge in [-0.3, -0.25) is 9.46 Å². The highest BCUT2D eigenvalue weighted by atomic mass is 31.2. The van der Waals surface area contributed by atoms with Crippen molar-refractivity contribution < 1.29 is 9.09 Å². The molecule has 0 bridgehead atoms. The van der Waals surface area contributed by atoms with Crippen molar-refractivity contribution in [2.75, 3.05) is 68.1 Å². The minimum Gasteiger partial charge on any atom is -0.383 e. The Balaban J connectivity index is 1.03. The molecule has 0 radical (unpaired) electrons. The maximum absolute atomic E-state index is 12.8. The lowest BCUT2D eigenvalue weighted by Crippen LogP contribution is -2.61. The zero-order valence-electron chi connectivity index (χ0n) is 28.8. The number of rotatable bonds is 16. The number of unbranched alkanes of at least 4 members (excludes halogenated alkanes) is 3. The van der Waals surface area contributed by atoms with Gasteiger partial charge in [-0.25, -0.2) is 0 Å². The van der Waals surface area contributed by atoms with E-state index in [0.717, 1.165) is 50.4 Å². The molecule has 256 valence electrons. The largest absolute Gasteiger partial charge is 0.383 e. The van der Waals surface area contributed by atoms with E-state index in [1.54, 1.807) is 6.66 Å². The molecule has 1 aromatic rings. The molecule has 1 aromatic heterocycles. The number of nitrogens with two attached hydrogens (primary N) is 1. The zero-order valence-corrected chi connectivity index (χ0v) is 29.7. The Morgan fingerprint density at radius 2 is 1.58 bits per heavy atom. The van der Waals surface area contributed by atoms with E-state index in [9.17, 15) is 4.57 Å². The summed E-state index contributed by atoms with van der Waals surface area (Å²) in [6.45, 7) is 8.78. The molecule has 1 aliphatic heterocycles. The van der Waals surface area contributed by atoms with Crippen LogP contribution >= 0.6 is 7.37 Å². The number of piperazine rings is 1. The molecular formula is C36H65N6O2P. The van der Waals surface area contributed by atoms with E-state index in [4.69, 9.17) is 15.2 Å². The molecule has 4 aliphatic rings. The maximum atomic E-state index is 12.8. The zero-order chi connectivity index (χ0) is 31.5. The third-order valence-electron chi connectivity index (χ3n) is 11.8. The minimum absolute atomic E-state index is 0.116. The summed E-state index contributed by atoms with van der Waals surface area (Å²) in [6, 6.07) is 1.94. The second-order valence-electron chi connectivity index (χ2n) is 15.2. The number of hydrogen-bond acceptors (Lipinski definition) is 8. The van der Waals surface area contributed by atoms with Crippen molar-refractivity contribution >= 4 is 25.0 Å².